The largest absolute Gasteiger partial charge is 0.384 e. The Kier molecular flexibility index (Phi) is 3.35. The number of anilines is 1. The van der Waals surface area contributed by atoms with Crippen LogP contribution in [0.15, 0.2) is 48.7 Å². The number of nitrogens with one attached hydrogen (secondary N) is 1. The number of nitrogen functional groups attached to an aromatic ring is 1. The highest BCUT2D eigenvalue weighted by molar-refractivity contribution is 5.94. The zero-order valence-electron chi connectivity index (χ0n) is 9.26. The van der Waals surface area contributed by atoms with E-state index >= 15 is 0 Å². The number of hydrogen-bond acceptors (Lipinski definition) is 3. The molecule has 4 nitrogen and oxygen atoms in total. The first-order valence-corrected chi connectivity index (χ1v) is 5.29. The number of pyridine rings is 1. The number of amides is 1. The van der Waals surface area contributed by atoms with Crippen molar-refractivity contribution in [1.82, 2.24) is 10.3 Å². The van der Waals surface area contributed by atoms with Crippen molar-refractivity contribution < 1.29 is 4.79 Å². The van der Waals surface area contributed by atoms with Crippen LogP contribution in [0.4, 0.5) is 5.82 Å². The standard InChI is InChI=1S/C13H13N3O/c14-12-7-6-10(8-15-12)9-16-13(17)11-4-2-1-3-5-11/h1-8H,9H2,(H2,14,15)(H,16,17). The summed E-state index contributed by atoms with van der Waals surface area (Å²) in [5.74, 6) is 0.380. The highest BCUT2D eigenvalue weighted by atomic mass is 16.1. The molecule has 1 amide bonds. The minimum Gasteiger partial charge on any atom is -0.384 e. The number of carbonyl (C=O) groups excluding carboxylic acids is 1. The minimum absolute atomic E-state index is 0.0950. The van der Waals surface area contributed by atoms with E-state index in [2.05, 4.69) is 10.3 Å². The second kappa shape index (κ2) is 5.12. The number of benzene rings is 1. The van der Waals surface area contributed by atoms with Gasteiger partial charge in [-0.25, -0.2) is 4.98 Å². The van der Waals surface area contributed by atoms with Gasteiger partial charge in [-0.3, -0.25) is 4.79 Å². The van der Waals surface area contributed by atoms with Crippen molar-refractivity contribution in [3.63, 3.8) is 0 Å². The Balaban J connectivity index is 1.95. The van der Waals surface area contributed by atoms with Gasteiger partial charge in [0.2, 0.25) is 0 Å². The van der Waals surface area contributed by atoms with Gasteiger partial charge in [0.05, 0.1) is 0 Å². The Morgan fingerprint density at radius 2 is 1.94 bits per heavy atom. The Labute approximate surface area is 99.5 Å². The summed E-state index contributed by atoms with van der Waals surface area (Å²) < 4.78 is 0. The molecule has 0 bridgehead atoms. The van der Waals surface area contributed by atoms with Gasteiger partial charge in [-0.05, 0) is 23.8 Å². The molecule has 0 aliphatic rings. The van der Waals surface area contributed by atoms with E-state index in [1.807, 2.05) is 24.3 Å². The molecular formula is C13H13N3O. The van der Waals surface area contributed by atoms with Crippen LogP contribution in [0.2, 0.25) is 0 Å². The molecule has 2 rings (SSSR count). The summed E-state index contributed by atoms with van der Waals surface area (Å²) in [6, 6.07) is 12.6. The van der Waals surface area contributed by atoms with Crippen molar-refractivity contribution in [2.24, 2.45) is 0 Å². The van der Waals surface area contributed by atoms with E-state index in [9.17, 15) is 4.79 Å². The average molecular weight is 227 g/mol. The zero-order chi connectivity index (χ0) is 12.1. The third-order valence-corrected chi connectivity index (χ3v) is 2.34. The van der Waals surface area contributed by atoms with Crippen LogP contribution in [0.5, 0.6) is 0 Å². The fraction of sp³-hybridized carbons (Fsp3) is 0.0769. The molecule has 3 N–H and O–H groups in total. The van der Waals surface area contributed by atoms with Gasteiger partial charge in [0.1, 0.15) is 5.82 Å². The van der Waals surface area contributed by atoms with E-state index in [4.69, 9.17) is 5.73 Å². The van der Waals surface area contributed by atoms with Crippen LogP contribution < -0.4 is 11.1 Å². The summed E-state index contributed by atoms with van der Waals surface area (Å²) in [6.07, 6.45) is 1.65. The van der Waals surface area contributed by atoms with Crippen LogP contribution in [0, 0.1) is 0 Å². The fourth-order valence-electron chi connectivity index (χ4n) is 1.41. The number of hydrogen-bond donors (Lipinski definition) is 2. The van der Waals surface area contributed by atoms with Crippen molar-refractivity contribution >= 4 is 11.7 Å². The summed E-state index contributed by atoms with van der Waals surface area (Å²) >= 11 is 0. The van der Waals surface area contributed by atoms with Gasteiger partial charge < -0.3 is 11.1 Å². The maximum absolute atomic E-state index is 11.7. The monoisotopic (exact) mass is 227 g/mol. The van der Waals surface area contributed by atoms with E-state index in [0.29, 0.717) is 17.9 Å². The fourth-order valence-corrected chi connectivity index (χ4v) is 1.41. The lowest BCUT2D eigenvalue weighted by atomic mass is 10.2. The van der Waals surface area contributed by atoms with Crippen molar-refractivity contribution in [3.8, 4) is 0 Å². The highest BCUT2D eigenvalue weighted by Crippen LogP contribution is 2.02. The Bertz CT molecular complexity index is 494. The summed E-state index contributed by atoms with van der Waals surface area (Å²) in [4.78, 5) is 15.7. The topological polar surface area (TPSA) is 68.0 Å². The normalized spacial score (nSPS) is 9.88. The molecule has 1 aromatic heterocycles. The van der Waals surface area contributed by atoms with E-state index < -0.39 is 0 Å². The first-order chi connectivity index (χ1) is 8.25. The summed E-state index contributed by atoms with van der Waals surface area (Å²) in [7, 11) is 0. The van der Waals surface area contributed by atoms with Crippen molar-refractivity contribution in [2.45, 2.75) is 6.54 Å². The first-order valence-electron chi connectivity index (χ1n) is 5.29. The molecule has 86 valence electrons. The quantitative estimate of drug-likeness (QED) is 0.836. The number of carbonyl (C=O) groups is 1. The Morgan fingerprint density at radius 1 is 1.18 bits per heavy atom. The van der Waals surface area contributed by atoms with Gasteiger partial charge in [0, 0.05) is 18.3 Å². The molecule has 0 aliphatic carbocycles. The van der Waals surface area contributed by atoms with Gasteiger partial charge in [-0.15, -0.1) is 0 Å². The molecule has 0 saturated carbocycles. The third kappa shape index (κ3) is 3.04. The Morgan fingerprint density at radius 3 is 2.59 bits per heavy atom. The minimum atomic E-state index is -0.0950. The van der Waals surface area contributed by atoms with Gasteiger partial charge in [0.25, 0.3) is 5.91 Å². The second-order valence-corrected chi connectivity index (χ2v) is 3.64. The van der Waals surface area contributed by atoms with Crippen LogP contribution in [0.1, 0.15) is 15.9 Å². The third-order valence-electron chi connectivity index (χ3n) is 2.34. The van der Waals surface area contributed by atoms with Crippen molar-refractivity contribution in [2.75, 3.05) is 5.73 Å². The maximum Gasteiger partial charge on any atom is 0.251 e. The molecule has 0 atom stereocenters. The van der Waals surface area contributed by atoms with Crippen LogP contribution in [0.25, 0.3) is 0 Å². The number of nitrogens with zero attached hydrogens (tertiary/aromatic N) is 1. The average Bonchev–Trinajstić information content (AvgIpc) is 2.39. The molecular weight excluding hydrogens is 214 g/mol. The van der Waals surface area contributed by atoms with Crippen LogP contribution >= 0.6 is 0 Å². The van der Waals surface area contributed by atoms with Gasteiger partial charge in [-0.2, -0.15) is 0 Å². The van der Waals surface area contributed by atoms with Gasteiger partial charge in [-0.1, -0.05) is 24.3 Å². The Hall–Kier alpha value is -2.36. The molecule has 1 aromatic carbocycles. The van der Waals surface area contributed by atoms with Crippen LogP contribution in [-0.4, -0.2) is 10.9 Å². The lowest BCUT2D eigenvalue weighted by Gasteiger charge is -2.05. The van der Waals surface area contributed by atoms with Crippen molar-refractivity contribution in [1.29, 1.82) is 0 Å². The van der Waals surface area contributed by atoms with Gasteiger partial charge >= 0.3 is 0 Å². The maximum atomic E-state index is 11.7. The zero-order valence-corrected chi connectivity index (χ0v) is 9.26. The molecule has 17 heavy (non-hydrogen) atoms. The highest BCUT2D eigenvalue weighted by Gasteiger charge is 2.03. The molecule has 0 saturated heterocycles. The molecule has 1 heterocycles. The smallest absolute Gasteiger partial charge is 0.251 e. The molecule has 0 spiro atoms. The molecule has 2 aromatic rings. The lowest BCUT2D eigenvalue weighted by molar-refractivity contribution is 0.0951. The summed E-state index contributed by atoms with van der Waals surface area (Å²) in [5.41, 5.74) is 7.04. The van der Waals surface area contributed by atoms with Crippen LogP contribution in [-0.2, 0) is 6.54 Å². The van der Waals surface area contributed by atoms with E-state index in [1.54, 1.807) is 24.4 Å². The van der Waals surface area contributed by atoms with Crippen LogP contribution in [0.3, 0.4) is 0 Å². The summed E-state index contributed by atoms with van der Waals surface area (Å²) in [5, 5.41) is 2.81. The predicted octanol–water partition coefficient (Wildman–Crippen LogP) is 1.59. The van der Waals surface area contributed by atoms with E-state index in [-0.39, 0.29) is 5.91 Å². The number of nitrogens with two attached hydrogens (primary N) is 1. The first kappa shape index (κ1) is 11.1. The molecule has 0 aliphatic heterocycles. The molecule has 0 fully saturated rings. The predicted molar refractivity (Wildman–Crippen MR) is 66.3 cm³/mol. The SMILES string of the molecule is Nc1ccc(CNC(=O)c2ccccc2)cn1. The summed E-state index contributed by atoms with van der Waals surface area (Å²) in [6.45, 7) is 0.445. The van der Waals surface area contributed by atoms with E-state index in [1.165, 1.54) is 0 Å². The lowest BCUT2D eigenvalue weighted by Crippen LogP contribution is -2.22. The van der Waals surface area contributed by atoms with E-state index in [0.717, 1.165) is 5.56 Å². The van der Waals surface area contributed by atoms with Crippen molar-refractivity contribution in [3.05, 3.63) is 59.8 Å². The second-order valence-electron chi connectivity index (χ2n) is 3.64. The molecule has 4 heteroatoms. The molecule has 0 unspecified atom stereocenters. The molecule has 0 radical (unpaired) electrons. The number of rotatable bonds is 3. The number of aromatic nitrogens is 1. The van der Waals surface area contributed by atoms with Gasteiger partial charge in [0.15, 0.2) is 0 Å².